The summed E-state index contributed by atoms with van der Waals surface area (Å²) in [6.07, 6.45) is 2.05. The zero-order valence-corrected chi connectivity index (χ0v) is 13.3. The lowest BCUT2D eigenvalue weighted by atomic mass is 9.94. The predicted octanol–water partition coefficient (Wildman–Crippen LogP) is 3.68. The van der Waals surface area contributed by atoms with Gasteiger partial charge in [-0.05, 0) is 44.5 Å². The Labute approximate surface area is 129 Å². The first-order chi connectivity index (χ1) is 9.43. The highest BCUT2D eigenvalue weighted by Crippen LogP contribution is 2.25. The van der Waals surface area contributed by atoms with Gasteiger partial charge in [0.15, 0.2) is 5.78 Å². The summed E-state index contributed by atoms with van der Waals surface area (Å²) in [7, 11) is 1.72. The molecule has 3 nitrogen and oxygen atoms in total. The lowest BCUT2D eigenvalue weighted by Gasteiger charge is -2.39. The van der Waals surface area contributed by atoms with Gasteiger partial charge >= 0.3 is 0 Å². The smallest absolute Gasteiger partial charge is 0.178 e. The van der Waals surface area contributed by atoms with Gasteiger partial charge in [-0.15, -0.1) is 0 Å². The van der Waals surface area contributed by atoms with Crippen LogP contribution in [-0.2, 0) is 4.74 Å². The van der Waals surface area contributed by atoms with Gasteiger partial charge in [0.2, 0.25) is 0 Å². The molecule has 1 aliphatic rings. The fourth-order valence-electron chi connectivity index (χ4n) is 2.61. The van der Waals surface area contributed by atoms with E-state index in [1.165, 1.54) is 0 Å². The second-order valence-electron chi connectivity index (χ2n) is 5.52. The van der Waals surface area contributed by atoms with Crippen LogP contribution in [0.4, 0.5) is 0 Å². The van der Waals surface area contributed by atoms with E-state index in [9.17, 15) is 4.79 Å². The van der Waals surface area contributed by atoms with Crippen LogP contribution in [0.2, 0.25) is 10.0 Å². The first-order valence-electron chi connectivity index (χ1n) is 6.69. The fraction of sp³-hybridized carbons (Fsp3) is 0.533. The fourth-order valence-corrected chi connectivity index (χ4v) is 3.00. The molecule has 0 saturated carbocycles. The Kier molecular flexibility index (Phi) is 5.08. The number of ketones is 1. The molecule has 1 saturated heterocycles. The normalized spacial score (nSPS) is 23.8. The molecule has 110 valence electrons. The van der Waals surface area contributed by atoms with Crippen molar-refractivity contribution in [3.8, 4) is 0 Å². The van der Waals surface area contributed by atoms with Crippen LogP contribution >= 0.6 is 23.2 Å². The number of nitrogens with zero attached hydrogens (tertiary/aromatic N) is 1. The van der Waals surface area contributed by atoms with E-state index < -0.39 is 0 Å². The SMILES string of the molecule is COC1(C)CCCN(CC(=O)c2cc(Cl)ccc2Cl)C1. The molecule has 0 N–H and O–H groups in total. The van der Waals surface area contributed by atoms with E-state index in [1.54, 1.807) is 25.3 Å². The van der Waals surface area contributed by atoms with Gasteiger partial charge in [0.1, 0.15) is 0 Å². The summed E-state index contributed by atoms with van der Waals surface area (Å²) in [5, 5.41) is 0.976. The van der Waals surface area contributed by atoms with Crippen LogP contribution in [0.3, 0.4) is 0 Å². The summed E-state index contributed by atoms with van der Waals surface area (Å²) in [6, 6.07) is 4.97. The van der Waals surface area contributed by atoms with Crippen molar-refractivity contribution in [1.29, 1.82) is 0 Å². The van der Waals surface area contributed by atoms with Crippen molar-refractivity contribution in [3.63, 3.8) is 0 Å². The number of hydrogen-bond donors (Lipinski definition) is 0. The number of halogens is 2. The number of hydrogen-bond acceptors (Lipinski definition) is 3. The Hall–Kier alpha value is -0.610. The molecule has 0 aromatic heterocycles. The van der Waals surface area contributed by atoms with Gasteiger partial charge in [0, 0.05) is 24.2 Å². The number of ether oxygens (including phenoxy) is 1. The van der Waals surface area contributed by atoms with Crippen molar-refractivity contribution in [2.45, 2.75) is 25.4 Å². The number of benzene rings is 1. The molecule has 2 rings (SSSR count). The van der Waals surface area contributed by atoms with Gasteiger partial charge in [-0.25, -0.2) is 0 Å². The van der Waals surface area contributed by atoms with Crippen LogP contribution in [0, 0.1) is 0 Å². The summed E-state index contributed by atoms with van der Waals surface area (Å²) in [4.78, 5) is 14.5. The molecule has 0 amide bonds. The maximum Gasteiger partial charge on any atom is 0.178 e. The second kappa shape index (κ2) is 6.44. The second-order valence-corrected chi connectivity index (χ2v) is 6.36. The molecule has 1 fully saturated rings. The number of methoxy groups -OCH3 is 1. The summed E-state index contributed by atoms with van der Waals surface area (Å²) in [5.74, 6) is -0.00199. The van der Waals surface area contributed by atoms with Gasteiger partial charge in [0.25, 0.3) is 0 Å². The molecule has 0 radical (unpaired) electrons. The number of Topliss-reactive ketones (excluding diaryl/α,β-unsaturated/α-hetero) is 1. The molecule has 0 aliphatic carbocycles. The van der Waals surface area contributed by atoms with E-state index >= 15 is 0 Å². The zero-order valence-electron chi connectivity index (χ0n) is 11.8. The van der Waals surface area contributed by atoms with Gasteiger partial charge in [-0.3, -0.25) is 9.69 Å². The standard InChI is InChI=1S/C15H19Cl2NO2/c1-15(20-2)6-3-7-18(10-15)9-14(19)12-8-11(16)4-5-13(12)17/h4-5,8H,3,6-7,9-10H2,1-2H3. The Morgan fingerprint density at radius 1 is 1.45 bits per heavy atom. The van der Waals surface area contributed by atoms with Crippen molar-refractivity contribution in [3.05, 3.63) is 33.8 Å². The Morgan fingerprint density at radius 3 is 2.90 bits per heavy atom. The molecular weight excluding hydrogens is 297 g/mol. The van der Waals surface area contributed by atoms with Crippen LogP contribution in [0.15, 0.2) is 18.2 Å². The minimum Gasteiger partial charge on any atom is -0.377 e. The largest absolute Gasteiger partial charge is 0.377 e. The minimum absolute atomic E-state index is 0.00199. The van der Waals surface area contributed by atoms with Crippen molar-refractivity contribution in [1.82, 2.24) is 4.90 Å². The molecule has 1 heterocycles. The van der Waals surface area contributed by atoms with Gasteiger partial charge in [0.05, 0.1) is 17.2 Å². The third-order valence-electron chi connectivity index (χ3n) is 3.83. The molecular formula is C15H19Cl2NO2. The summed E-state index contributed by atoms with van der Waals surface area (Å²) in [6.45, 7) is 4.09. The number of rotatable bonds is 4. The quantitative estimate of drug-likeness (QED) is 0.794. The van der Waals surface area contributed by atoms with Gasteiger partial charge < -0.3 is 4.74 Å². The van der Waals surface area contributed by atoms with E-state index in [2.05, 4.69) is 11.8 Å². The third kappa shape index (κ3) is 3.73. The van der Waals surface area contributed by atoms with E-state index in [-0.39, 0.29) is 11.4 Å². The molecule has 1 aliphatic heterocycles. The highest BCUT2D eigenvalue weighted by Gasteiger charge is 2.31. The zero-order chi connectivity index (χ0) is 14.8. The van der Waals surface area contributed by atoms with Crippen molar-refractivity contribution >= 4 is 29.0 Å². The lowest BCUT2D eigenvalue weighted by molar-refractivity contribution is -0.0485. The van der Waals surface area contributed by atoms with Crippen molar-refractivity contribution < 1.29 is 9.53 Å². The van der Waals surface area contributed by atoms with Crippen molar-refractivity contribution in [2.75, 3.05) is 26.7 Å². The van der Waals surface area contributed by atoms with Gasteiger partial charge in [-0.1, -0.05) is 23.2 Å². The topological polar surface area (TPSA) is 29.5 Å². The maximum atomic E-state index is 12.4. The van der Waals surface area contributed by atoms with E-state index in [4.69, 9.17) is 27.9 Å². The first kappa shape index (κ1) is 15.8. The minimum atomic E-state index is -0.170. The molecule has 1 unspecified atom stereocenters. The van der Waals surface area contributed by atoms with E-state index in [0.29, 0.717) is 22.2 Å². The van der Waals surface area contributed by atoms with E-state index in [1.807, 2.05) is 0 Å². The molecule has 5 heteroatoms. The summed E-state index contributed by atoms with van der Waals surface area (Å²) >= 11 is 12.0. The Morgan fingerprint density at radius 2 is 2.20 bits per heavy atom. The van der Waals surface area contributed by atoms with Crippen molar-refractivity contribution in [2.24, 2.45) is 0 Å². The molecule has 1 aromatic rings. The van der Waals surface area contributed by atoms with Crippen LogP contribution in [0.25, 0.3) is 0 Å². The highest BCUT2D eigenvalue weighted by atomic mass is 35.5. The molecule has 0 bridgehead atoms. The summed E-state index contributed by atoms with van der Waals surface area (Å²) < 4.78 is 5.54. The van der Waals surface area contributed by atoms with Crippen LogP contribution < -0.4 is 0 Å². The number of piperidine rings is 1. The third-order valence-corrected chi connectivity index (χ3v) is 4.39. The maximum absolute atomic E-state index is 12.4. The Bertz CT molecular complexity index is 507. The van der Waals surface area contributed by atoms with Crippen LogP contribution in [0.5, 0.6) is 0 Å². The lowest BCUT2D eigenvalue weighted by Crippen LogP contribution is -2.48. The Balaban J connectivity index is 2.06. The molecule has 1 atom stereocenters. The molecule has 0 spiro atoms. The highest BCUT2D eigenvalue weighted by molar-refractivity contribution is 6.36. The van der Waals surface area contributed by atoms with Gasteiger partial charge in [-0.2, -0.15) is 0 Å². The molecule has 1 aromatic carbocycles. The average molecular weight is 316 g/mol. The predicted molar refractivity (Wildman–Crippen MR) is 81.9 cm³/mol. The monoisotopic (exact) mass is 315 g/mol. The summed E-state index contributed by atoms with van der Waals surface area (Å²) in [5.41, 5.74) is 0.320. The number of likely N-dealkylation sites (tertiary alicyclic amines) is 1. The van der Waals surface area contributed by atoms with E-state index in [0.717, 1.165) is 25.9 Å². The van der Waals surface area contributed by atoms with Crippen LogP contribution in [-0.4, -0.2) is 43.0 Å². The number of carbonyl (C=O) groups excluding carboxylic acids is 1. The average Bonchev–Trinajstić information content (AvgIpc) is 2.41. The number of carbonyl (C=O) groups is 1. The molecule has 20 heavy (non-hydrogen) atoms. The first-order valence-corrected chi connectivity index (χ1v) is 7.45. The van der Waals surface area contributed by atoms with Crippen LogP contribution in [0.1, 0.15) is 30.1 Å².